The fraction of sp³-hybridized carbons (Fsp3) is 0.310. The number of carbonyl (C=O) groups excluding carboxylic acids is 2. The zero-order chi connectivity index (χ0) is 23.7. The summed E-state index contributed by atoms with van der Waals surface area (Å²) < 4.78 is 5.88. The molecule has 1 unspecified atom stereocenters. The minimum Gasteiger partial charge on any atom is -0.484 e. The lowest BCUT2D eigenvalue weighted by Crippen LogP contribution is -2.41. The monoisotopic (exact) mass is 454 g/mol. The predicted octanol–water partition coefficient (Wildman–Crippen LogP) is 5.21. The molecule has 34 heavy (non-hydrogen) atoms. The minimum atomic E-state index is -0.206. The quantitative estimate of drug-likeness (QED) is 0.557. The standard InChI is InChI=1S/C29H30N2O3/c1-19-6-11-24(12-7-19)30-27(32)18-34-25-13-10-21-14-15-31(29(33)22-8-9-22)28(26(21)17-25)23-5-3-4-20(2)16-23/h3-7,10-13,16-17,22,28H,8-9,14-15,18H2,1-2H3,(H,30,32). The van der Waals surface area contributed by atoms with Gasteiger partial charge in [-0.25, -0.2) is 0 Å². The molecule has 2 amide bonds. The number of hydrogen-bond acceptors (Lipinski definition) is 3. The number of carbonyl (C=O) groups is 2. The van der Waals surface area contributed by atoms with Gasteiger partial charge in [0.25, 0.3) is 5.91 Å². The highest BCUT2D eigenvalue weighted by Crippen LogP contribution is 2.41. The number of aryl methyl sites for hydroxylation is 2. The van der Waals surface area contributed by atoms with E-state index >= 15 is 0 Å². The van der Waals surface area contributed by atoms with E-state index in [1.807, 2.05) is 48.2 Å². The molecule has 1 heterocycles. The van der Waals surface area contributed by atoms with Gasteiger partial charge < -0.3 is 15.0 Å². The smallest absolute Gasteiger partial charge is 0.262 e. The highest BCUT2D eigenvalue weighted by molar-refractivity contribution is 5.91. The first-order chi connectivity index (χ1) is 16.5. The third-order valence-electron chi connectivity index (χ3n) is 6.62. The third-order valence-corrected chi connectivity index (χ3v) is 6.62. The van der Waals surface area contributed by atoms with Crippen LogP contribution in [0.25, 0.3) is 0 Å². The van der Waals surface area contributed by atoms with Crippen molar-refractivity contribution in [2.24, 2.45) is 5.92 Å². The second-order valence-corrected chi connectivity index (χ2v) is 9.44. The van der Waals surface area contributed by atoms with E-state index in [-0.39, 0.29) is 30.4 Å². The highest BCUT2D eigenvalue weighted by Gasteiger charge is 2.39. The van der Waals surface area contributed by atoms with Crippen molar-refractivity contribution in [1.29, 1.82) is 0 Å². The summed E-state index contributed by atoms with van der Waals surface area (Å²) in [6, 6.07) is 21.9. The van der Waals surface area contributed by atoms with Crippen molar-refractivity contribution in [1.82, 2.24) is 4.90 Å². The van der Waals surface area contributed by atoms with Gasteiger partial charge in [-0.1, -0.05) is 53.6 Å². The van der Waals surface area contributed by atoms with Crippen molar-refractivity contribution < 1.29 is 14.3 Å². The van der Waals surface area contributed by atoms with E-state index in [2.05, 4.69) is 42.6 Å². The maximum Gasteiger partial charge on any atom is 0.262 e. The molecule has 0 bridgehead atoms. The first-order valence-corrected chi connectivity index (χ1v) is 12.0. The number of amides is 2. The van der Waals surface area contributed by atoms with Gasteiger partial charge in [0.1, 0.15) is 5.75 Å². The van der Waals surface area contributed by atoms with Crippen LogP contribution in [-0.2, 0) is 16.0 Å². The molecule has 1 aliphatic heterocycles. The molecule has 5 nitrogen and oxygen atoms in total. The SMILES string of the molecule is Cc1ccc(NC(=O)COc2ccc3c(c2)C(c2cccc(C)c2)N(C(=O)C2CC2)CC3)cc1. The van der Waals surface area contributed by atoms with Crippen LogP contribution in [0.3, 0.4) is 0 Å². The molecule has 0 saturated heterocycles. The number of fused-ring (bicyclic) bond motifs is 1. The van der Waals surface area contributed by atoms with Crippen LogP contribution < -0.4 is 10.1 Å². The molecule has 0 radical (unpaired) electrons. The number of hydrogen-bond donors (Lipinski definition) is 1. The van der Waals surface area contributed by atoms with Crippen LogP contribution in [0.4, 0.5) is 5.69 Å². The highest BCUT2D eigenvalue weighted by atomic mass is 16.5. The summed E-state index contributed by atoms with van der Waals surface area (Å²) in [4.78, 5) is 27.6. The van der Waals surface area contributed by atoms with Gasteiger partial charge >= 0.3 is 0 Å². The number of nitrogens with one attached hydrogen (secondary N) is 1. The van der Waals surface area contributed by atoms with E-state index in [0.29, 0.717) is 5.75 Å². The molecule has 5 heteroatoms. The van der Waals surface area contributed by atoms with Crippen LogP contribution >= 0.6 is 0 Å². The lowest BCUT2D eigenvalue weighted by atomic mass is 9.87. The fourth-order valence-corrected chi connectivity index (χ4v) is 4.67. The van der Waals surface area contributed by atoms with Crippen molar-refractivity contribution in [3.05, 3.63) is 94.5 Å². The van der Waals surface area contributed by atoms with Crippen LogP contribution in [0.1, 0.15) is 46.7 Å². The van der Waals surface area contributed by atoms with Gasteiger partial charge in [0.2, 0.25) is 5.91 Å². The Morgan fingerprint density at radius 2 is 1.76 bits per heavy atom. The summed E-state index contributed by atoms with van der Waals surface area (Å²) in [6.07, 6.45) is 2.80. The second kappa shape index (κ2) is 9.34. The molecule has 2 aliphatic rings. The molecular formula is C29H30N2O3. The summed E-state index contributed by atoms with van der Waals surface area (Å²) in [5.74, 6) is 0.846. The number of nitrogens with zero attached hydrogens (tertiary/aromatic N) is 1. The van der Waals surface area contributed by atoms with Gasteiger partial charge in [0.15, 0.2) is 6.61 Å². The van der Waals surface area contributed by atoms with Crippen molar-refractivity contribution >= 4 is 17.5 Å². The van der Waals surface area contributed by atoms with E-state index < -0.39 is 0 Å². The molecule has 0 spiro atoms. The van der Waals surface area contributed by atoms with Gasteiger partial charge in [0, 0.05) is 18.2 Å². The first-order valence-electron chi connectivity index (χ1n) is 12.0. The number of ether oxygens (including phenoxy) is 1. The fourth-order valence-electron chi connectivity index (χ4n) is 4.67. The molecule has 3 aromatic rings. The van der Waals surface area contributed by atoms with E-state index in [1.165, 1.54) is 11.1 Å². The van der Waals surface area contributed by atoms with Crippen molar-refractivity contribution in [3.8, 4) is 5.75 Å². The Balaban J connectivity index is 1.37. The molecule has 5 rings (SSSR count). The van der Waals surface area contributed by atoms with E-state index in [0.717, 1.165) is 48.2 Å². The van der Waals surface area contributed by atoms with E-state index in [1.54, 1.807) is 0 Å². The molecule has 1 N–H and O–H groups in total. The Kier molecular flexibility index (Phi) is 6.10. The Morgan fingerprint density at radius 1 is 0.971 bits per heavy atom. The zero-order valence-corrected chi connectivity index (χ0v) is 19.7. The van der Waals surface area contributed by atoms with Gasteiger partial charge in [0.05, 0.1) is 6.04 Å². The molecule has 0 aromatic heterocycles. The maximum absolute atomic E-state index is 13.2. The van der Waals surface area contributed by atoms with Gasteiger partial charge in [-0.3, -0.25) is 9.59 Å². The largest absolute Gasteiger partial charge is 0.484 e. The normalized spacial score (nSPS) is 17.1. The molecule has 1 saturated carbocycles. The topological polar surface area (TPSA) is 58.6 Å². The van der Waals surface area contributed by atoms with Crippen molar-refractivity contribution in [3.63, 3.8) is 0 Å². The van der Waals surface area contributed by atoms with Gasteiger partial charge in [-0.2, -0.15) is 0 Å². The summed E-state index contributed by atoms with van der Waals surface area (Å²) in [7, 11) is 0. The van der Waals surface area contributed by atoms with Crippen LogP contribution in [0.5, 0.6) is 5.75 Å². The Morgan fingerprint density at radius 3 is 2.50 bits per heavy atom. The Labute approximate surface area is 200 Å². The first kappa shape index (κ1) is 22.2. The van der Waals surface area contributed by atoms with E-state index in [9.17, 15) is 9.59 Å². The van der Waals surface area contributed by atoms with Gasteiger partial charge in [-0.15, -0.1) is 0 Å². The minimum absolute atomic E-state index is 0.0769. The summed E-state index contributed by atoms with van der Waals surface area (Å²) >= 11 is 0. The lowest BCUT2D eigenvalue weighted by molar-refractivity contribution is -0.134. The molecule has 1 fully saturated rings. The van der Waals surface area contributed by atoms with Gasteiger partial charge in [-0.05, 0) is 74.1 Å². The number of benzene rings is 3. The summed E-state index contributed by atoms with van der Waals surface area (Å²) in [5, 5.41) is 2.87. The lowest BCUT2D eigenvalue weighted by Gasteiger charge is -2.38. The summed E-state index contributed by atoms with van der Waals surface area (Å²) in [6.45, 7) is 4.73. The number of anilines is 1. The van der Waals surface area contributed by atoms with Crippen molar-refractivity contribution in [2.45, 2.75) is 39.2 Å². The van der Waals surface area contributed by atoms with Crippen LogP contribution in [0, 0.1) is 19.8 Å². The average molecular weight is 455 g/mol. The zero-order valence-electron chi connectivity index (χ0n) is 19.7. The van der Waals surface area contributed by atoms with Crippen molar-refractivity contribution in [2.75, 3.05) is 18.5 Å². The third kappa shape index (κ3) is 4.84. The average Bonchev–Trinajstić information content (AvgIpc) is 3.68. The molecular weight excluding hydrogens is 424 g/mol. The van der Waals surface area contributed by atoms with E-state index in [4.69, 9.17) is 4.74 Å². The summed E-state index contributed by atoms with van der Waals surface area (Å²) in [5.41, 5.74) is 6.48. The van der Waals surface area contributed by atoms with Crippen LogP contribution in [0.15, 0.2) is 66.7 Å². The number of rotatable bonds is 6. The Bertz CT molecular complexity index is 1210. The molecule has 174 valence electrons. The second-order valence-electron chi connectivity index (χ2n) is 9.44. The van der Waals surface area contributed by atoms with Crippen LogP contribution in [-0.4, -0.2) is 29.9 Å². The maximum atomic E-state index is 13.2. The predicted molar refractivity (Wildman–Crippen MR) is 133 cm³/mol. The van der Waals surface area contributed by atoms with Crippen LogP contribution in [0.2, 0.25) is 0 Å². The molecule has 1 aliphatic carbocycles. The molecule has 3 aromatic carbocycles. The Hall–Kier alpha value is -3.60. The molecule has 1 atom stereocenters.